The Kier molecular flexibility index (Phi) is 6.39. The maximum atomic E-state index is 14.6. The fourth-order valence-corrected chi connectivity index (χ4v) is 6.20. The molecule has 1 aromatic heterocycles. The number of hydrogen-bond donors (Lipinski definition) is 2. The molecule has 3 fully saturated rings. The topological polar surface area (TPSA) is 98.7 Å². The maximum Gasteiger partial charge on any atom is 0.321 e. The standard InChI is InChI=1S/C28H30FN5O3S/c1-17-2-7-21(12-23(17)29)28(26-30-16-31-38-26)8-9-33(15-28)27(37)32-24-10-19(18-3-4-18)5-6-20(24)11-25(36)34-13-22(35)14-34/h2,5-7,10,12,16,18,22,35H,3-4,8-9,11,13-15H2,1H3,(H,32,37)/t28-/m0/s1. The summed E-state index contributed by atoms with van der Waals surface area (Å²) < 4.78 is 18.8. The summed E-state index contributed by atoms with van der Waals surface area (Å²) >= 11 is 1.27. The van der Waals surface area contributed by atoms with Crippen molar-refractivity contribution < 1.29 is 19.1 Å². The molecule has 1 saturated carbocycles. The average Bonchev–Trinajstić information content (AvgIpc) is 3.38. The number of urea groups is 1. The minimum atomic E-state index is -0.639. The second-order valence-corrected chi connectivity index (χ2v) is 11.5. The zero-order chi connectivity index (χ0) is 26.4. The van der Waals surface area contributed by atoms with Gasteiger partial charge in [-0.15, -0.1) is 0 Å². The third-order valence-electron chi connectivity index (χ3n) is 8.03. The first-order valence-electron chi connectivity index (χ1n) is 13.0. The van der Waals surface area contributed by atoms with E-state index in [2.05, 4.69) is 14.7 Å². The Morgan fingerprint density at radius 1 is 1.18 bits per heavy atom. The lowest BCUT2D eigenvalue weighted by atomic mass is 9.80. The van der Waals surface area contributed by atoms with Crippen LogP contribution in [-0.2, 0) is 16.6 Å². The predicted octanol–water partition coefficient (Wildman–Crippen LogP) is 3.83. The Bertz CT molecular complexity index is 1370. The highest BCUT2D eigenvalue weighted by molar-refractivity contribution is 7.05. The molecule has 38 heavy (non-hydrogen) atoms. The minimum absolute atomic E-state index is 0.0668. The number of nitrogens with zero attached hydrogens (tertiary/aromatic N) is 4. The number of anilines is 1. The van der Waals surface area contributed by atoms with Crippen LogP contribution in [0, 0.1) is 12.7 Å². The van der Waals surface area contributed by atoms with Crippen LogP contribution in [0.4, 0.5) is 14.9 Å². The minimum Gasteiger partial charge on any atom is -0.389 e. The Morgan fingerprint density at radius 2 is 2.00 bits per heavy atom. The molecule has 0 bridgehead atoms. The van der Waals surface area contributed by atoms with E-state index in [1.165, 1.54) is 17.9 Å². The second kappa shape index (κ2) is 9.74. The number of halogens is 1. The molecule has 0 unspecified atom stereocenters. The van der Waals surface area contributed by atoms with Crippen molar-refractivity contribution in [1.29, 1.82) is 0 Å². The van der Waals surface area contributed by atoms with Crippen LogP contribution in [0.2, 0.25) is 0 Å². The first kappa shape index (κ1) is 24.9. The Balaban J connectivity index is 1.24. The summed E-state index contributed by atoms with van der Waals surface area (Å²) in [6.45, 7) is 3.25. The van der Waals surface area contributed by atoms with Gasteiger partial charge in [0.2, 0.25) is 5.91 Å². The van der Waals surface area contributed by atoms with Gasteiger partial charge in [0.15, 0.2) is 0 Å². The van der Waals surface area contributed by atoms with Gasteiger partial charge in [-0.1, -0.05) is 24.3 Å². The number of aryl methyl sites for hydroxylation is 1. The number of aliphatic hydroxyl groups excluding tert-OH is 1. The van der Waals surface area contributed by atoms with Gasteiger partial charge >= 0.3 is 6.03 Å². The van der Waals surface area contributed by atoms with E-state index >= 15 is 0 Å². The summed E-state index contributed by atoms with van der Waals surface area (Å²) in [5, 5.41) is 13.4. The van der Waals surface area contributed by atoms with Crippen molar-refractivity contribution in [3.8, 4) is 0 Å². The largest absolute Gasteiger partial charge is 0.389 e. The smallest absolute Gasteiger partial charge is 0.321 e. The highest BCUT2D eigenvalue weighted by Crippen LogP contribution is 2.43. The Morgan fingerprint density at radius 3 is 2.68 bits per heavy atom. The van der Waals surface area contributed by atoms with Gasteiger partial charge in [0, 0.05) is 31.9 Å². The van der Waals surface area contributed by atoms with E-state index in [1.54, 1.807) is 28.9 Å². The van der Waals surface area contributed by atoms with Crippen LogP contribution in [0.15, 0.2) is 42.7 Å². The SMILES string of the molecule is Cc1ccc([C@]2(c3ncns3)CCN(C(=O)Nc3cc(C4CC4)ccc3CC(=O)N3CC(O)C3)C2)cc1F. The third-order valence-corrected chi connectivity index (χ3v) is 8.90. The first-order chi connectivity index (χ1) is 18.3. The zero-order valence-electron chi connectivity index (χ0n) is 21.2. The molecule has 3 amide bonds. The van der Waals surface area contributed by atoms with Crippen molar-refractivity contribution in [1.82, 2.24) is 19.2 Å². The number of rotatable bonds is 6. The van der Waals surface area contributed by atoms with E-state index < -0.39 is 11.5 Å². The summed E-state index contributed by atoms with van der Waals surface area (Å²) in [4.78, 5) is 34.2. The van der Waals surface area contributed by atoms with E-state index in [9.17, 15) is 19.1 Å². The fraction of sp³-hybridized carbons (Fsp3) is 0.429. The molecular weight excluding hydrogens is 505 g/mol. The van der Waals surface area contributed by atoms with E-state index in [1.807, 2.05) is 24.3 Å². The van der Waals surface area contributed by atoms with Crippen LogP contribution in [0.5, 0.6) is 0 Å². The summed E-state index contributed by atoms with van der Waals surface area (Å²) in [5.74, 6) is 0.146. The number of hydrogen-bond acceptors (Lipinski definition) is 6. The van der Waals surface area contributed by atoms with Crippen molar-refractivity contribution >= 4 is 29.2 Å². The number of amides is 3. The molecule has 8 nitrogen and oxygen atoms in total. The van der Waals surface area contributed by atoms with Crippen LogP contribution in [-0.4, -0.2) is 68.5 Å². The summed E-state index contributed by atoms with van der Waals surface area (Å²) in [6, 6.07) is 10.9. The van der Waals surface area contributed by atoms with Gasteiger partial charge < -0.3 is 20.2 Å². The van der Waals surface area contributed by atoms with E-state index in [0.29, 0.717) is 49.8 Å². The number of β-amino-alcohol motifs (C(OH)–C–C–N with tert-alkyl or cyclic N) is 1. The first-order valence-corrected chi connectivity index (χ1v) is 13.8. The lowest BCUT2D eigenvalue weighted by molar-refractivity contribution is -0.140. The molecule has 3 heterocycles. The number of carbonyl (C=O) groups excluding carboxylic acids is 2. The molecular formula is C28H30FN5O3S. The molecule has 1 atom stereocenters. The fourth-order valence-electron chi connectivity index (χ4n) is 5.45. The number of likely N-dealkylation sites (tertiary alicyclic amines) is 2. The number of benzene rings is 2. The van der Waals surface area contributed by atoms with Gasteiger partial charge in [-0.25, -0.2) is 14.2 Å². The van der Waals surface area contributed by atoms with Gasteiger partial charge in [-0.2, -0.15) is 4.37 Å². The quantitative estimate of drug-likeness (QED) is 0.500. The normalized spacial score (nSPS) is 21.4. The molecule has 10 heteroatoms. The zero-order valence-corrected chi connectivity index (χ0v) is 22.0. The maximum absolute atomic E-state index is 14.6. The molecule has 6 rings (SSSR count). The van der Waals surface area contributed by atoms with Crippen molar-refractivity contribution in [2.24, 2.45) is 0 Å². The number of aromatic nitrogens is 2. The van der Waals surface area contributed by atoms with Crippen LogP contribution in [0.1, 0.15) is 52.4 Å². The molecule has 198 valence electrons. The van der Waals surface area contributed by atoms with Gasteiger partial charge in [0.1, 0.15) is 17.2 Å². The lowest BCUT2D eigenvalue weighted by Crippen LogP contribution is -2.54. The van der Waals surface area contributed by atoms with Crippen molar-refractivity contribution in [3.05, 3.63) is 75.8 Å². The van der Waals surface area contributed by atoms with Gasteiger partial charge in [-0.3, -0.25) is 4.79 Å². The number of aliphatic hydroxyl groups is 1. The summed E-state index contributed by atoms with van der Waals surface area (Å²) in [6.07, 6.45) is 4.05. The summed E-state index contributed by atoms with van der Waals surface area (Å²) in [5.41, 5.74) is 3.27. The molecule has 2 saturated heterocycles. The average molecular weight is 536 g/mol. The monoisotopic (exact) mass is 535 g/mol. The van der Waals surface area contributed by atoms with Crippen molar-refractivity contribution in [2.45, 2.75) is 50.0 Å². The second-order valence-electron chi connectivity index (χ2n) is 10.7. The van der Waals surface area contributed by atoms with Gasteiger partial charge in [0.25, 0.3) is 0 Å². The summed E-state index contributed by atoms with van der Waals surface area (Å²) in [7, 11) is 0. The van der Waals surface area contributed by atoms with Crippen molar-refractivity contribution in [3.63, 3.8) is 0 Å². The molecule has 1 aliphatic carbocycles. The Hall–Kier alpha value is -3.37. The third kappa shape index (κ3) is 4.67. The molecule has 2 N–H and O–H groups in total. The molecule has 0 radical (unpaired) electrons. The van der Waals surface area contributed by atoms with E-state index in [-0.39, 0.29) is 24.2 Å². The molecule has 0 spiro atoms. The van der Waals surface area contributed by atoms with E-state index in [4.69, 9.17) is 0 Å². The molecule has 2 aliphatic heterocycles. The van der Waals surface area contributed by atoms with E-state index in [0.717, 1.165) is 34.5 Å². The highest BCUT2D eigenvalue weighted by atomic mass is 32.1. The van der Waals surface area contributed by atoms with Crippen LogP contribution in [0.3, 0.4) is 0 Å². The number of nitrogens with one attached hydrogen (secondary N) is 1. The lowest BCUT2D eigenvalue weighted by Gasteiger charge is -2.36. The van der Waals surface area contributed by atoms with Gasteiger partial charge in [0.05, 0.1) is 17.9 Å². The molecule has 3 aromatic rings. The van der Waals surface area contributed by atoms with Gasteiger partial charge in [-0.05, 0) is 78.0 Å². The van der Waals surface area contributed by atoms with Crippen LogP contribution >= 0.6 is 11.5 Å². The van der Waals surface area contributed by atoms with Crippen LogP contribution in [0.25, 0.3) is 0 Å². The highest BCUT2D eigenvalue weighted by Gasteiger charge is 2.45. The predicted molar refractivity (Wildman–Crippen MR) is 142 cm³/mol. The van der Waals surface area contributed by atoms with Crippen LogP contribution < -0.4 is 5.32 Å². The number of carbonyl (C=O) groups is 2. The molecule has 3 aliphatic rings. The molecule has 2 aromatic carbocycles. The Labute approximate surface area is 224 Å². The van der Waals surface area contributed by atoms with Crippen molar-refractivity contribution in [2.75, 3.05) is 31.5 Å².